The summed E-state index contributed by atoms with van der Waals surface area (Å²) >= 11 is 0. The molecule has 0 aliphatic carbocycles. The zero-order chi connectivity index (χ0) is 16.8. The first-order valence-corrected chi connectivity index (χ1v) is 8.10. The van der Waals surface area contributed by atoms with Crippen LogP contribution in [-0.4, -0.2) is 25.7 Å². The monoisotopic (exact) mass is 317 g/mol. The van der Waals surface area contributed by atoms with E-state index in [1.54, 1.807) is 6.07 Å². The van der Waals surface area contributed by atoms with E-state index in [9.17, 15) is 9.59 Å². The van der Waals surface area contributed by atoms with E-state index >= 15 is 0 Å². The summed E-state index contributed by atoms with van der Waals surface area (Å²) in [6, 6.07) is 7.19. The van der Waals surface area contributed by atoms with Crippen molar-refractivity contribution in [3.05, 3.63) is 40.2 Å². The van der Waals surface area contributed by atoms with Crippen molar-refractivity contribution in [3.8, 4) is 0 Å². The maximum absolute atomic E-state index is 12.0. The Bertz CT molecular complexity index is 731. The first-order valence-electron chi connectivity index (χ1n) is 8.10. The number of carbonyl (C=O) groups is 1. The summed E-state index contributed by atoms with van der Waals surface area (Å²) in [6.07, 6.45) is 1.70. The van der Waals surface area contributed by atoms with Crippen LogP contribution < -0.4 is 10.5 Å². The van der Waals surface area contributed by atoms with Crippen molar-refractivity contribution in [2.45, 2.75) is 33.6 Å². The number of hydrogen-bond donors (Lipinski definition) is 0. The Morgan fingerprint density at radius 1 is 1.17 bits per heavy atom. The van der Waals surface area contributed by atoms with E-state index in [4.69, 9.17) is 9.15 Å². The first-order chi connectivity index (χ1) is 11.1. The van der Waals surface area contributed by atoms with Gasteiger partial charge < -0.3 is 14.1 Å². The van der Waals surface area contributed by atoms with E-state index in [1.165, 1.54) is 0 Å². The van der Waals surface area contributed by atoms with Gasteiger partial charge in [0.1, 0.15) is 11.1 Å². The lowest BCUT2D eigenvalue weighted by Gasteiger charge is -2.20. The molecular formula is C18H23NO4. The van der Waals surface area contributed by atoms with Gasteiger partial charge in [-0.05, 0) is 38.5 Å². The smallest absolute Gasteiger partial charge is 0.351 e. The summed E-state index contributed by atoms with van der Waals surface area (Å²) in [5.74, 6) is -0.623. The molecule has 0 radical (unpaired) electrons. The van der Waals surface area contributed by atoms with Gasteiger partial charge in [-0.15, -0.1) is 0 Å². The van der Waals surface area contributed by atoms with Gasteiger partial charge in [-0.25, -0.2) is 9.59 Å². The van der Waals surface area contributed by atoms with E-state index in [1.807, 2.05) is 25.1 Å². The molecular weight excluding hydrogens is 294 g/mol. The zero-order valence-electron chi connectivity index (χ0n) is 13.9. The molecule has 0 unspecified atom stereocenters. The Hall–Kier alpha value is -2.30. The summed E-state index contributed by atoms with van der Waals surface area (Å²) in [5, 5.41) is 0.711. The van der Waals surface area contributed by atoms with Gasteiger partial charge in [0.2, 0.25) is 0 Å². The van der Waals surface area contributed by atoms with Crippen LogP contribution in [0.15, 0.2) is 33.5 Å². The summed E-state index contributed by atoms with van der Waals surface area (Å²) in [6.45, 7) is 8.19. The molecule has 1 heterocycles. The van der Waals surface area contributed by atoms with Gasteiger partial charge in [-0.1, -0.05) is 13.3 Å². The van der Waals surface area contributed by atoms with Crippen molar-refractivity contribution < 1.29 is 13.9 Å². The number of rotatable bonds is 7. The van der Waals surface area contributed by atoms with Crippen LogP contribution in [0, 0.1) is 0 Å². The van der Waals surface area contributed by atoms with Crippen molar-refractivity contribution in [1.29, 1.82) is 0 Å². The summed E-state index contributed by atoms with van der Waals surface area (Å²) in [4.78, 5) is 26.2. The molecule has 0 atom stereocenters. The molecule has 0 N–H and O–H groups in total. The Balaban J connectivity index is 2.33. The van der Waals surface area contributed by atoms with Crippen LogP contribution in [0.2, 0.25) is 0 Å². The predicted molar refractivity (Wildman–Crippen MR) is 91.2 cm³/mol. The number of hydrogen-bond acceptors (Lipinski definition) is 5. The molecule has 23 heavy (non-hydrogen) atoms. The minimum atomic E-state index is -0.657. The molecule has 0 fully saturated rings. The minimum Gasteiger partial charge on any atom is -0.462 e. The fourth-order valence-electron chi connectivity index (χ4n) is 2.41. The third-order valence-electron chi connectivity index (χ3n) is 3.80. The quantitative estimate of drug-likeness (QED) is 0.443. The summed E-state index contributed by atoms with van der Waals surface area (Å²) < 4.78 is 10.4. The maximum Gasteiger partial charge on any atom is 0.351 e. The molecule has 2 rings (SSSR count). The normalized spacial score (nSPS) is 10.7. The maximum atomic E-state index is 12.0. The lowest BCUT2D eigenvalue weighted by atomic mass is 10.1. The van der Waals surface area contributed by atoms with Crippen molar-refractivity contribution in [1.82, 2.24) is 0 Å². The Labute approximate surface area is 135 Å². The van der Waals surface area contributed by atoms with Crippen LogP contribution in [0.25, 0.3) is 11.0 Å². The molecule has 1 aromatic carbocycles. The van der Waals surface area contributed by atoms with E-state index in [2.05, 4.69) is 18.7 Å². The van der Waals surface area contributed by atoms with Gasteiger partial charge in [-0.3, -0.25) is 0 Å². The number of anilines is 1. The second kappa shape index (κ2) is 7.81. The molecule has 0 aliphatic heterocycles. The molecule has 1 aromatic heterocycles. The first kappa shape index (κ1) is 17.1. The molecule has 0 aliphatic rings. The highest BCUT2D eigenvalue weighted by molar-refractivity contribution is 5.93. The Morgan fingerprint density at radius 3 is 2.57 bits per heavy atom. The highest BCUT2D eigenvalue weighted by Crippen LogP contribution is 2.22. The molecule has 0 saturated carbocycles. The van der Waals surface area contributed by atoms with Crippen LogP contribution in [0.3, 0.4) is 0 Å². The predicted octanol–water partition coefficient (Wildman–Crippen LogP) is 3.60. The fraction of sp³-hybridized carbons (Fsp3) is 0.444. The largest absolute Gasteiger partial charge is 0.462 e. The molecule has 5 nitrogen and oxygen atoms in total. The zero-order valence-corrected chi connectivity index (χ0v) is 13.9. The number of ether oxygens (including phenoxy) is 1. The Morgan fingerprint density at radius 2 is 1.91 bits per heavy atom. The minimum absolute atomic E-state index is 0.0517. The van der Waals surface area contributed by atoms with E-state index in [0.29, 0.717) is 17.6 Å². The van der Waals surface area contributed by atoms with E-state index < -0.39 is 11.6 Å². The average Bonchev–Trinajstić information content (AvgIpc) is 2.55. The third kappa shape index (κ3) is 3.92. The van der Waals surface area contributed by atoms with Crippen LogP contribution in [-0.2, 0) is 4.74 Å². The lowest BCUT2D eigenvalue weighted by Crippen LogP contribution is -2.21. The number of benzene rings is 1. The number of esters is 1. The fourth-order valence-corrected chi connectivity index (χ4v) is 2.41. The molecule has 0 saturated heterocycles. The Kier molecular flexibility index (Phi) is 5.79. The number of fused-ring (bicyclic) bond motifs is 1. The van der Waals surface area contributed by atoms with E-state index in [0.717, 1.165) is 31.6 Å². The van der Waals surface area contributed by atoms with Crippen molar-refractivity contribution in [2.75, 3.05) is 24.6 Å². The highest BCUT2D eigenvalue weighted by Gasteiger charge is 2.15. The number of carbonyl (C=O) groups excluding carboxylic acids is 1. The molecule has 5 heteroatoms. The topological polar surface area (TPSA) is 59.8 Å². The average molecular weight is 317 g/mol. The second-order valence-electron chi connectivity index (χ2n) is 5.33. The second-order valence-corrected chi connectivity index (χ2v) is 5.33. The van der Waals surface area contributed by atoms with Gasteiger partial charge in [0.05, 0.1) is 6.61 Å². The van der Waals surface area contributed by atoms with Gasteiger partial charge in [0, 0.05) is 30.2 Å². The van der Waals surface area contributed by atoms with Crippen molar-refractivity contribution in [3.63, 3.8) is 0 Å². The molecule has 0 spiro atoms. The van der Waals surface area contributed by atoms with Crippen LogP contribution in [0.4, 0.5) is 5.69 Å². The summed E-state index contributed by atoms with van der Waals surface area (Å²) in [7, 11) is 0. The molecule has 2 aromatic rings. The van der Waals surface area contributed by atoms with Gasteiger partial charge in [0.25, 0.3) is 0 Å². The summed E-state index contributed by atoms with van der Waals surface area (Å²) in [5.41, 5.74) is 0.758. The van der Waals surface area contributed by atoms with Crippen molar-refractivity contribution >= 4 is 22.6 Å². The standard InChI is InChI=1S/C18H23NO4/c1-4-7-10-22-17(20)15-11-13-8-9-14(19(5-2)6-3)12-16(13)23-18(15)21/h8-9,11-12H,4-7,10H2,1-3H3. The van der Waals surface area contributed by atoms with Crippen LogP contribution in [0.1, 0.15) is 44.0 Å². The third-order valence-corrected chi connectivity index (χ3v) is 3.80. The van der Waals surface area contributed by atoms with Gasteiger partial charge in [-0.2, -0.15) is 0 Å². The number of nitrogens with zero attached hydrogens (tertiary/aromatic N) is 1. The SMILES string of the molecule is CCCCOC(=O)c1cc2ccc(N(CC)CC)cc2oc1=O. The highest BCUT2D eigenvalue weighted by atomic mass is 16.5. The molecule has 124 valence electrons. The van der Waals surface area contributed by atoms with Crippen molar-refractivity contribution in [2.24, 2.45) is 0 Å². The van der Waals surface area contributed by atoms with Crippen LogP contribution >= 0.6 is 0 Å². The lowest BCUT2D eigenvalue weighted by molar-refractivity contribution is 0.0495. The molecule has 0 bridgehead atoms. The number of unbranched alkanes of at least 4 members (excludes halogenated alkanes) is 1. The molecule has 0 amide bonds. The van der Waals surface area contributed by atoms with Crippen LogP contribution in [0.5, 0.6) is 0 Å². The van der Waals surface area contributed by atoms with E-state index in [-0.39, 0.29) is 5.56 Å². The van der Waals surface area contributed by atoms with Gasteiger partial charge >= 0.3 is 11.6 Å². The van der Waals surface area contributed by atoms with Gasteiger partial charge in [0.15, 0.2) is 0 Å².